The van der Waals surface area contributed by atoms with E-state index in [2.05, 4.69) is 15.9 Å². The molecule has 2 fully saturated rings. The van der Waals surface area contributed by atoms with Crippen molar-refractivity contribution in [2.75, 3.05) is 26.2 Å². The maximum atomic E-state index is 9.64. The zero-order chi connectivity index (χ0) is 13.5. The van der Waals surface area contributed by atoms with Crippen LogP contribution in [-0.4, -0.2) is 47.1 Å². The van der Waals surface area contributed by atoms with Gasteiger partial charge in [-0.2, -0.15) is 0 Å². The summed E-state index contributed by atoms with van der Waals surface area (Å²) in [5.74, 6) is 0.419. The molecule has 4 rings (SSSR count). The average molecular weight is 272 g/mol. The summed E-state index contributed by atoms with van der Waals surface area (Å²) in [4.78, 5) is 5.42. The molecule has 0 radical (unpaired) electrons. The number of rotatable bonds is 1. The molecule has 2 atom stereocenters. The van der Waals surface area contributed by atoms with Crippen LogP contribution in [-0.2, 0) is 6.42 Å². The molecule has 0 bridgehead atoms. The second-order valence-corrected chi connectivity index (χ2v) is 6.62. The van der Waals surface area contributed by atoms with Crippen LogP contribution in [0.4, 0.5) is 0 Å². The number of aromatic hydroxyl groups is 1. The molecule has 1 aromatic carbocycles. The smallest absolute Gasteiger partial charge is 0.115 e. The third-order valence-corrected chi connectivity index (χ3v) is 5.45. The fourth-order valence-electron chi connectivity index (χ4n) is 4.48. The molecule has 0 saturated carbocycles. The Bertz CT molecular complexity index is 502. The van der Waals surface area contributed by atoms with Gasteiger partial charge >= 0.3 is 0 Å². The largest absolute Gasteiger partial charge is 0.508 e. The van der Waals surface area contributed by atoms with Crippen molar-refractivity contribution >= 4 is 0 Å². The Morgan fingerprint density at radius 1 is 1.00 bits per heavy atom. The van der Waals surface area contributed by atoms with Crippen LogP contribution in [0.5, 0.6) is 5.75 Å². The highest BCUT2D eigenvalue weighted by Crippen LogP contribution is 2.38. The summed E-state index contributed by atoms with van der Waals surface area (Å²) in [6.45, 7) is 5.08. The Morgan fingerprint density at radius 3 is 2.80 bits per heavy atom. The number of benzene rings is 1. The molecular formula is C17H24N2O. The number of hydrogen-bond acceptors (Lipinski definition) is 3. The molecule has 3 nitrogen and oxygen atoms in total. The van der Waals surface area contributed by atoms with Crippen LogP contribution in [0.1, 0.15) is 42.9 Å². The Balaban J connectivity index is 1.56. The molecule has 0 spiro atoms. The van der Waals surface area contributed by atoms with E-state index in [4.69, 9.17) is 0 Å². The number of phenols is 1. The molecule has 2 unspecified atom stereocenters. The zero-order valence-electron chi connectivity index (χ0n) is 12.1. The van der Waals surface area contributed by atoms with E-state index in [1.807, 2.05) is 12.1 Å². The fourth-order valence-corrected chi connectivity index (χ4v) is 4.48. The lowest BCUT2D eigenvalue weighted by atomic mass is 10.1. The summed E-state index contributed by atoms with van der Waals surface area (Å²) in [5.41, 5.74) is 2.83. The highest BCUT2D eigenvalue weighted by Gasteiger charge is 2.34. The molecule has 2 aliphatic heterocycles. The minimum Gasteiger partial charge on any atom is -0.508 e. The highest BCUT2D eigenvalue weighted by molar-refractivity contribution is 5.40. The normalized spacial score (nSPS) is 31.0. The summed E-state index contributed by atoms with van der Waals surface area (Å²) in [6, 6.07) is 7.36. The number of phenolic OH excluding ortho intramolecular Hbond substituents is 1. The van der Waals surface area contributed by atoms with Crippen molar-refractivity contribution in [3.05, 3.63) is 29.3 Å². The summed E-state index contributed by atoms with van der Waals surface area (Å²) >= 11 is 0. The van der Waals surface area contributed by atoms with Gasteiger partial charge in [0, 0.05) is 25.2 Å². The second-order valence-electron chi connectivity index (χ2n) is 6.62. The molecule has 1 N–H and O–H groups in total. The van der Waals surface area contributed by atoms with Gasteiger partial charge in [-0.15, -0.1) is 0 Å². The van der Waals surface area contributed by atoms with E-state index in [9.17, 15) is 5.11 Å². The first-order chi connectivity index (χ1) is 9.81. The monoisotopic (exact) mass is 272 g/mol. The summed E-state index contributed by atoms with van der Waals surface area (Å²) in [7, 11) is 0. The van der Waals surface area contributed by atoms with Gasteiger partial charge < -0.3 is 5.11 Å². The van der Waals surface area contributed by atoms with Gasteiger partial charge in [0.15, 0.2) is 0 Å². The van der Waals surface area contributed by atoms with Gasteiger partial charge in [-0.25, -0.2) is 0 Å². The molecule has 2 heterocycles. The lowest BCUT2D eigenvalue weighted by Gasteiger charge is -2.31. The molecule has 1 aliphatic carbocycles. The first-order valence-corrected chi connectivity index (χ1v) is 8.11. The van der Waals surface area contributed by atoms with E-state index < -0.39 is 0 Å². The van der Waals surface area contributed by atoms with Gasteiger partial charge in [0.1, 0.15) is 5.75 Å². The van der Waals surface area contributed by atoms with E-state index in [-0.39, 0.29) is 0 Å². The number of hydrogen-bond donors (Lipinski definition) is 1. The molecule has 3 heteroatoms. The molecule has 0 amide bonds. The Morgan fingerprint density at radius 2 is 1.85 bits per heavy atom. The van der Waals surface area contributed by atoms with Gasteiger partial charge in [-0.3, -0.25) is 9.80 Å². The van der Waals surface area contributed by atoms with Crippen molar-refractivity contribution < 1.29 is 5.11 Å². The van der Waals surface area contributed by atoms with Crippen molar-refractivity contribution in [1.82, 2.24) is 9.80 Å². The molecule has 20 heavy (non-hydrogen) atoms. The second kappa shape index (κ2) is 5.05. The van der Waals surface area contributed by atoms with Crippen LogP contribution in [0, 0.1) is 0 Å². The zero-order valence-corrected chi connectivity index (χ0v) is 12.1. The predicted molar refractivity (Wildman–Crippen MR) is 80.0 cm³/mol. The van der Waals surface area contributed by atoms with Crippen molar-refractivity contribution in [3.8, 4) is 5.75 Å². The Kier molecular flexibility index (Phi) is 3.20. The standard InChI is InChI=1S/C17H24N2O/c20-15-5-6-16-13(11-15)4-7-17(16)19-10-2-9-18-8-1-3-14(18)12-19/h5-6,11,14,17,20H,1-4,7-10,12H2. The quantitative estimate of drug-likeness (QED) is 0.851. The minimum absolute atomic E-state index is 0.419. The van der Waals surface area contributed by atoms with Crippen molar-refractivity contribution in [2.45, 2.75) is 44.2 Å². The van der Waals surface area contributed by atoms with Crippen LogP contribution < -0.4 is 0 Å². The maximum absolute atomic E-state index is 9.64. The van der Waals surface area contributed by atoms with E-state index in [1.165, 1.54) is 63.0 Å². The highest BCUT2D eigenvalue weighted by atomic mass is 16.3. The third-order valence-electron chi connectivity index (χ3n) is 5.45. The average Bonchev–Trinajstić information content (AvgIpc) is 3.00. The van der Waals surface area contributed by atoms with E-state index in [0.29, 0.717) is 11.8 Å². The lowest BCUT2D eigenvalue weighted by molar-refractivity contribution is 0.172. The molecule has 2 saturated heterocycles. The topological polar surface area (TPSA) is 26.7 Å². The molecule has 0 aromatic heterocycles. The molecule has 1 aromatic rings. The van der Waals surface area contributed by atoms with E-state index in [1.54, 1.807) is 0 Å². The van der Waals surface area contributed by atoms with Crippen molar-refractivity contribution in [1.29, 1.82) is 0 Å². The van der Waals surface area contributed by atoms with Gasteiger partial charge in [0.25, 0.3) is 0 Å². The SMILES string of the molecule is Oc1ccc2c(c1)CCC2N1CCCN2CCCC2C1. The summed E-state index contributed by atoms with van der Waals surface area (Å²) < 4.78 is 0. The number of fused-ring (bicyclic) bond motifs is 2. The van der Waals surface area contributed by atoms with Crippen LogP contribution >= 0.6 is 0 Å². The van der Waals surface area contributed by atoms with Crippen molar-refractivity contribution in [2.24, 2.45) is 0 Å². The van der Waals surface area contributed by atoms with Crippen LogP contribution in [0.2, 0.25) is 0 Å². The van der Waals surface area contributed by atoms with Crippen LogP contribution in [0.3, 0.4) is 0 Å². The minimum atomic E-state index is 0.419. The maximum Gasteiger partial charge on any atom is 0.115 e. The van der Waals surface area contributed by atoms with Crippen LogP contribution in [0.15, 0.2) is 18.2 Å². The molecular weight excluding hydrogens is 248 g/mol. The summed E-state index contributed by atoms with van der Waals surface area (Å²) in [6.07, 6.45) is 6.42. The number of nitrogens with zero attached hydrogens (tertiary/aromatic N) is 2. The van der Waals surface area contributed by atoms with Crippen LogP contribution in [0.25, 0.3) is 0 Å². The van der Waals surface area contributed by atoms with Crippen molar-refractivity contribution in [3.63, 3.8) is 0 Å². The summed E-state index contributed by atoms with van der Waals surface area (Å²) in [5, 5.41) is 9.64. The third kappa shape index (κ3) is 2.13. The van der Waals surface area contributed by atoms with Gasteiger partial charge in [-0.05, 0) is 68.5 Å². The molecule has 3 aliphatic rings. The van der Waals surface area contributed by atoms with Gasteiger partial charge in [0.05, 0.1) is 0 Å². The predicted octanol–water partition coefficient (Wildman–Crippen LogP) is 2.55. The Hall–Kier alpha value is -1.06. The number of aryl methyl sites for hydroxylation is 1. The first-order valence-electron chi connectivity index (χ1n) is 8.11. The van der Waals surface area contributed by atoms with Gasteiger partial charge in [0.2, 0.25) is 0 Å². The molecule has 108 valence electrons. The Labute approximate surface area is 121 Å². The first kappa shape index (κ1) is 12.7. The lowest BCUT2D eigenvalue weighted by Crippen LogP contribution is -2.37. The van der Waals surface area contributed by atoms with E-state index >= 15 is 0 Å². The van der Waals surface area contributed by atoms with E-state index in [0.717, 1.165) is 12.5 Å². The fraction of sp³-hybridized carbons (Fsp3) is 0.647. The van der Waals surface area contributed by atoms with Gasteiger partial charge in [-0.1, -0.05) is 6.07 Å².